The van der Waals surface area contributed by atoms with Crippen LogP contribution in [0.2, 0.25) is 0 Å². The predicted molar refractivity (Wildman–Crippen MR) is 70.7 cm³/mol. The Morgan fingerprint density at radius 2 is 2.11 bits per heavy atom. The zero-order valence-corrected chi connectivity index (χ0v) is 11.3. The number of methoxy groups -OCH3 is 1. The van der Waals surface area contributed by atoms with Crippen molar-refractivity contribution in [2.75, 3.05) is 19.9 Å². The molecule has 1 rings (SSSR count). The molecule has 5 heteroatoms. The van der Waals surface area contributed by atoms with Gasteiger partial charge in [0.05, 0.1) is 19.8 Å². The molecular formula is C13H15NO3P+. The van der Waals surface area contributed by atoms with E-state index in [1.165, 1.54) is 6.08 Å². The average Bonchev–Trinajstić information content (AvgIpc) is 2.39. The van der Waals surface area contributed by atoms with E-state index in [0.717, 1.165) is 11.3 Å². The summed E-state index contributed by atoms with van der Waals surface area (Å²) in [6.45, 7) is 2.19. The fourth-order valence-corrected chi connectivity index (χ4v) is 2.36. The van der Waals surface area contributed by atoms with Crippen LogP contribution in [-0.4, -0.2) is 19.9 Å². The fourth-order valence-electron chi connectivity index (χ4n) is 1.43. The van der Waals surface area contributed by atoms with Crippen LogP contribution >= 0.6 is 8.03 Å². The molecule has 0 aliphatic heterocycles. The largest absolute Gasteiger partial charge is 0.512 e. The molecule has 0 aliphatic rings. The summed E-state index contributed by atoms with van der Waals surface area (Å²) < 4.78 is 21.7. The summed E-state index contributed by atoms with van der Waals surface area (Å²) in [7, 11) is -0.177. The van der Waals surface area contributed by atoms with Crippen molar-refractivity contribution >= 4 is 13.6 Å². The second-order valence-electron chi connectivity index (χ2n) is 3.44. The van der Waals surface area contributed by atoms with Gasteiger partial charge >= 0.3 is 8.03 Å². The Balaban J connectivity index is 2.88. The monoisotopic (exact) mass is 264 g/mol. The number of nitrogens with zero attached hydrogens (tertiary/aromatic N) is 1. The molecule has 1 aromatic carbocycles. The highest BCUT2D eigenvalue weighted by atomic mass is 31.1. The van der Waals surface area contributed by atoms with Crippen LogP contribution in [0, 0.1) is 11.3 Å². The van der Waals surface area contributed by atoms with Gasteiger partial charge in [0.1, 0.15) is 5.75 Å². The number of nitriles is 1. The van der Waals surface area contributed by atoms with E-state index in [1.807, 2.05) is 18.2 Å². The maximum atomic E-state index is 11.6. The summed E-state index contributed by atoms with van der Waals surface area (Å²) in [5.41, 5.74) is 1.55. The minimum Gasteiger partial charge on any atom is -0.497 e. The minimum atomic E-state index is -1.77. The lowest BCUT2D eigenvalue weighted by atomic mass is 10.1. The van der Waals surface area contributed by atoms with Gasteiger partial charge in [0.15, 0.2) is 0 Å². The smallest absolute Gasteiger partial charge is 0.497 e. The number of benzene rings is 1. The maximum Gasteiger partial charge on any atom is 0.512 e. The van der Waals surface area contributed by atoms with Gasteiger partial charge in [-0.05, 0) is 29.2 Å². The molecule has 0 saturated heterocycles. The van der Waals surface area contributed by atoms with E-state index in [-0.39, 0.29) is 6.16 Å². The van der Waals surface area contributed by atoms with Crippen LogP contribution in [0.3, 0.4) is 0 Å². The highest BCUT2D eigenvalue weighted by Gasteiger charge is 2.20. The van der Waals surface area contributed by atoms with Crippen molar-refractivity contribution in [2.45, 2.75) is 6.92 Å². The van der Waals surface area contributed by atoms with E-state index < -0.39 is 8.03 Å². The lowest BCUT2D eigenvalue weighted by Crippen LogP contribution is -1.91. The number of allylic oxidation sites excluding steroid dienone is 2. The molecular weight excluding hydrogens is 249 g/mol. The molecule has 0 amide bonds. The van der Waals surface area contributed by atoms with Gasteiger partial charge in [-0.15, -0.1) is 4.52 Å². The Morgan fingerprint density at radius 1 is 1.44 bits per heavy atom. The van der Waals surface area contributed by atoms with E-state index in [1.54, 1.807) is 26.2 Å². The Bertz CT molecular complexity index is 474. The van der Waals surface area contributed by atoms with E-state index >= 15 is 0 Å². The lowest BCUT2D eigenvalue weighted by Gasteiger charge is -2.03. The zero-order valence-electron chi connectivity index (χ0n) is 10.4. The molecule has 0 heterocycles. The number of rotatable bonds is 6. The van der Waals surface area contributed by atoms with Gasteiger partial charge in [0.25, 0.3) is 0 Å². The van der Waals surface area contributed by atoms with Gasteiger partial charge in [0.2, 0.25) is 6.16 Å². The molecule has 0 saturated carbocycles. The van der Waals surface area contributed by atoms with E-state index in [9.17, 15) is 4.57 Å². The van der Waals surface area contributed by atoms with E-state index in [2.05, 4.69) is 0 Å². The van der Waals surface area contributed by atoms with Gasteiger partial charge in [-0.1, -0.05) is 12.1 Å². The van der Waals surface area contributed by atoms with Crippen molar-refractivity contribution < 1.29 is 13.8 Å². The summed E-state index contributed by atoms with van der Waals surface area (Å²) in [5.74, 6) is 0.740. The Labute approximate surface area is 108 Å². The SMILES string of the molecule is CCO[P+](=O)C/C(=C/C#N)c1ccc(OC)cc1. The van der Waals surface area contributed by atoms with Crippen LogP contribution in [0.4, 0.5) is 0 Å². The van der Waals surface area contributed by atoms with Gasteiger partial charge in [0, 0.05) is 11.6 Å². The van der Waals surface area contributed by atoms with Crippen LogP contribution in [0.25, 0.3) is 5.57 Å². The molecule has 0 N–H and O–H groups in total. The normalized spacial score (nSPS) is 11.8. The molecule has 0 spiro atoms. The van der Waals surface area contributed by atoms with Gasteiger partial charge in [-0.2, -0.15) is 5.26 Å². The predicted octanol–water partition coefficient (Wildman–Crippen LogP) is 3.38. The molecule has 0 aliphatic carbocycles. The maximum absolute atomic E-state index is 11.6. The molecule has 4 nitrogen and oxygen atoms in total. The third kappa shape index (κ3) is 4.29. The van der Waals surface area contributed by atoms with Gasteiger partial charge in [-0.25, -0.2) is 0 Å². The van der Waals surface area contributed by atoms with Gasteiger partial charge < -0.3 is 4.74 Å². The summed E-state index contributed by atoms with van der Waals surface area (Å²) in [6, 6.07) is 9.23. The molecule has 1 unspecified atom stereocenters. The van der Waals surface area contributed by atoms with Crippen molar-refractivity contribution in [1.29, 1.82) is 5.26 Å². The zero-order chi connectivity index (χ0) is 13.4. The third-order valence-electron chi connectivity index (χ3n) is 2.27. The topological polar surface area (TPSA) is 59.3 Å². The van der Waals surface area contributed by atoms with Crippen LogP contribution < -0.4 is 4.74 Å². The summed E-state index contributed by atoms with van der Waals surface area (Å²) in [4.78, 5) is 0. The minimum absolute atomic E-state index is 0.239. The first-order valence-corrected chi connectivity index (χ1v) is 6.88. The van der Waals surface area contributed by atoms with Crippen LogP contribution in [0.1, 0.15) is 12.5 Å². The first-order valence-electron chi connectivity index (χ1n) is 5.52. The van der Waals surface area contributed by atoms with Crippen molar-refractivity contribution in [3.8, 4) is 11.8 Å². The average molecular weight is 264 g/mol. The number of hydrogen-bond acceptors (Lipinski definition) is 4. The first-order chi connectivity index (χ1) is 8.71. The van der Waals surface area contributed by atoms with Crippen LogP contribution in [0.15, 0.2) is 30.3 Å². The Hall–Kier alpha value is -1.69. The molecule has 94 valence electrons. The molecule has 0 bridgehead atoms. The number of ether oxygens (including phenoxy) is 1. The first kappa shape index (κ1) is 14.4. The summed E-state index contributed by atoms with van der Waals surface area (Å²) in [5, 5.41) is 8.75. The van der Waals surface area contributed by atoms with E-state index in [0.29, 0.717) is 12.2 Å². The van der Waals surface area contributed by atoms with E-state index in [4.69, 9.17) is 14.5 Å². The van der Waals surface area contributed by atoms with Crippen molar-refractivity contribution in [2.24, 2.45) is 0 Å². The standard InChI is InChI=1S/C13H15NO3P/c1-3-17-18(15)10-12(8-9-14)11-4-6-13(16-2)7-5-11/h4-8H,3,10H2,1-2H3/q+1/b12-8-. The molecule has 1 atom stereocenters. The van der Waals surface area contributed by atoms with Crippen molar-refractivity contribution in [3.63, 3.8) is 0 Å². The highest BCUT2D eigenvalue weighted by molar-refractivity contribution is 7.39. The van der Waals surface area contributed by atoms with Crippen molar-refractivity contribution in [3.05, 3.63) is 35.9 Å². The second kappa shape index (κ2) is 7.60. The number of hydrogen-bond donors (Lipinski definition) is 0. The molecule has 0 fully saturated rings. The highest BCUT2D eigenvalue weighted by Crippen LogP contribution is 2.30. The van der Waals surface area contributed by atoms with Gasteiger partial charge in [-0.3, -0.25) is 0 Å². The summed E-state index contributed by atoms with van der Waals surface area (Å²) in [6.07, 6.45) is 1.64. The van der Waals surface area contributed by atoms with Crippen LogP contribution in [-0.2, 0) is 9.09 Å². The Kier molecular flexibility index (Phi) is 6.07. The Morgan fingerprint density at radius 3 is 2.61 bits per heavy atom. The molecule has 0 radical (unpaired) electrons. The molecule has 18 heavy (non-hydrogen) atoms. The fraction of sp³-hybridized carbons (Fsp3) is 0.308. The second-order valence-corrected chi connectivity index (χ2v) is 4.68. The molecule has 1 aromatic rings. The van der Waals surface area contributed by atoms with Crippen molar-refractivity contribution in [1.82, 2.24) is 0 Å². The lowest BCUT2D eigenvalue weighted by molar-refractivity contribution is 0.352. The third-order valence-corrected chi connectivity index (χ3v) is 3.42. The quantitative estimate of drug-likeness (QED) is 0.583. The van der Waals surface area contributed by atoms with Crippen LogP contribution in [0.5, 0.6) is 5.75 Å². The molecule has 0 aromatic heterocycles. The summed E-state index contributed by atoms with van der Waals surface area (Å²) >= 11 is 0.